The molecule has 9 nitrogen and oxygen atoms in total. The minimum atomic E-state index is -0.795. The molecule has 1 aromatic carbocycles. The largest absolute Gasteiger partial charge is 0.448 e. The van der Waals surface area contributed by atoms with E-state index in [4.69, 9.17) is 14.2 Å². The Hall–Kier alpha value is -2.95. The van der Waals surface area contributed by atoms with Crippen molar-refractivity contribution in [1.82, 2.24) is 19.8 Å². The second kappa shape index (κ2) is 10.7. The van der Waals surface area contributed by atoms with Crippen LogP contribution in [0.4, 0.5) is 0 Å². The number of H-pyrrole nitrogens is 1. The van der Waals surface area contributed by atoms with Crippen LogP contribution < -0.4 is 20.3 Å². The van der Waals surface area contributed by atoms with E-state index in [0.29, 0.717) is 34.8 Å². The Morgan fingerprint density at radius 1 is 1.20 bits per heavy atom. The monoisotopic (exact) mass is 580 g/mol. The highest BCUT2D eigenvalue weighted by Crippen LogP contribution is 2.52. The van der Waals surface area contributed by atoms with Gasteiger partial charge in [-0.25, -0.2) is 0 Å². The highest BCUT2D eigenvalue weighted by Gasteiger charge is 2.48. The van der Waals surface area contributed by atoms with Gasteiger partial charge in [0.2, 0.25) is 0 Å². The number of aromatic nitrogens is 2. The maximum atomic E-state index is 13.7. The summed E-state index contributed by atoms with van der Waals surface area (Å²) in [7, 11) is 3.75. The minimum absolute atomic E-state index is 0.135. The molecule has 0 radical (unpaired) electrons. The Morgan fingerprint density at radius 2 is 1.90 bits per heavy atom. The molecular formula is C31H40N4O5S. The van der Waals surface area contributed by atoms with Gasteiger partial charge in [0, 0.05) is 86.0 Å². The fraction of sp³-hybridized carbons (Fsp3) is 0.548. The van der Waals surface area contributed by atoms with Gasteiger partial charge in [-0.3, -0.25) is 14.5 Å². The van der Waals surface area contributed by atoms with Crippen LogP contribution in [0.25, 0.3) is 10.9 Å². The number of benzene rings is 1. The fourth-order valence-electron chi connectivity index (χ4n) is 6.89. The average molecular weight is 581 g/mol. The first-order valence-electron chi connectivity index (χ1n) is 14.4. The SMILES string of the molecule is COC1CN(C2CCC([C@@]3(C)Oc4c(C)c(C(=O)NCc5c(SC)cc(C)[nH]c5=O)c5ccn(C)c5c4O3)CC2)C1. The van der Waals surface area contributed by atoms with Crippen molar-refractivity contribution in [1.29, 1.82) is 0 Å². The predicted octanol–water partition coefficient (Wildman–Crippen LogP) is 4.51. The number of carbonyl (C=O) groups is 1. The second-order valence-corrected chi connectivity index (χ2v) is 12.7. The van der Waals surface area contributed by atoms with Crippen molar-refractivity contribution in [3.8, 4) is 11.5 Å². The molecule has 0 bridgehead atoms. The summed E-state index contributed by atoms with van der Waals surface area (Å²) in [5.41, 5.74) is 3.32. The van der Waals surface area contributed by atoms with Crippen molar-refractivity contribution in [3.63, 3.8) is 0 Å². The lowest BCUT2D eigenvalue weighted by Gasteiger charge is -2.47. The topological polar surface area (TPSA) is 97.8 Å². The fourth-order valence-corrected chi connectivity index (χ4v) is 7.59. The number of nitrogens with one attached hydrogen (secondary N) is 2. The molecule has 1 saturated carbocycles. The molecule has 2 fully saturated rings. The zero-order valence-electron chi connectivity index (χ0n) is 24.8. The van der Waals surface area contributed by atoms with Crippen LogP contribution in [0.15, 0.2) is 28.0 Å². The van der Waals surface area contributed by atoms with Crippen molar-refractivity contribution in [2.75, 3.05) is 26.5 Å². The highest BCUT2D eigenvalue weighted by molar-refractivity contribution is 7.98. The van der Waals surface area contributed by atoms with Gasteiger partial charge in [-0.15, -0.1) is 11.8 Å². The summed E-state index contributed by atoms with van der Waals surface area (Å²) in [6, 6.07) is 4.48. The second-order valence-electron chi connectivity index (χ2n) is 11.9. The quantitative estimate of drug-likeness (QED) is 0.397. The molecule has 1 aliphatic carbocycles. The van der Waals surface area contributed by atoms with Gasteiger partial charge >= 0.3 is 0 Å². The number of pyridine rings is 1. The molecular weight excluding hydrogens is 540 g/mol. The van der Waals surface area contributed by atoms with Gasteiger partial charge in [0.25, 0.3) is 17.3 Å². The number of hydrogen-bond donors (Lipinski definition) is 2. The zero-order valence-corrected chi connectivity index (χ0v) is 25.6. The summed E-state index contributed by atoms with van der Waals surface area (Å²) in [4.78, 5) is 32.6. The van der Waals surface area contributed by atoms with Crippen LogP contribution >= 0.6 is 11.8 Å². The predicted molar refractivity (Wildman–Crippen MR) is 160 cm³/mol. The van der Waals surface area contributed by atoms with Crippen LogP contribution in [0.3, 0.4) is 0 Å². The number of methoxy groups -OCH3 is 1. The molecule has 4 heterocycles. The standard InChI is InChI=1S/C31H40N4O5S/c1-17-13-24(41-6)23(29(36)33-17)14-32-30(37)25-18(2)27-28(26-22(25)11-12-34(26)4)40-31(3,39-27)19-7-9-20(10-8-19)35-15-21(16-35)38-5/h11-13,19-21H,7-10,14-16H2,1-6H3,(H,32,37)(H,33,36)/t19?,20?,31-/m0/s1. The maximum Gasteiger partial charge on any atom is 0.254 e. The van der Waals surface area contributed by atoms with E-state index in [9.17, 15) is 9.59 Å². The number of amides is 1. The first kappa shape index (κ1) is 28.2. The Morgan fingerprint density at radius 3 is 2.59 bits per heavy atom. The van der Waals surface area contributed by atoms with Crippen LogP contribution in [0, 0.1) is 19.8 Å². The van der Waals surface area contributed by atoms with Crippen LogP contribution in [-0.4, -0.2) is 64.7 Å². The number of aromatic amines is 1. The first-order chi connectivity index (χ1) is 19.6. The summed E-state index contributed by atoms with van der Waals surface area (Å²) >= 11 is 1.50. The zero-order chi connectivity index (χ0) is 29.1. The molecule has 2 aromatic heterocycles. The molecule has 1 saturated heterocycles. The Kier molecular flexibility index (Phi) is 7.36. The number of thioether (sulfide) groups is 1. The lowest BCUT2D eigenvalue weighted by atomic mass is 9.80. The molecule has 0 spiro atoms. The van der Waals surface area contributed by atoms with Gasteiger partial charge in [-0.1, -0.05) is 0 Å². The van der Waals surface area contributed by atoms with Crippen molar-refractivity contribution < 1.29 is 19.0 Å². The van der Waals surface area contributed by atoms with Crippen LogP contribution in [-0.2, 0) is 18.3 Å². The van der Waals surface area contributed by atoms with Gasteiger partial charge in [-0.2, -0.15) is 0 Å². The lowest BCUT2D eigenvalue weighted by molar-refractivity contribution is -0.130. The number of nitrogens with zero attached hydrogens (tertiary/aromatic N) is 2. The number of rotatable bonds is 7. The molecule has 10 heteroatoms. The van der Waals surface area contributed by atoms with E-state index in [1.807, 2.05) is 57.0 Å². The van der Waals surface area contributed by atoms with E-state index < -0.39 is 5.79 Å². The van der Waals surface area contributed by atoms with Crippen molar-refractivity contribution in [3.05, 3.63) is 51.1 Å². The molecule has 3 aromatic rings. The maximum absolute atomic E-state index is 13.7. The van der Waals surface area contributed by atoms with Gasteiger partial charge in [-0.05, 0) is 57.9 Å². The van der Waals surface area contributed by atoms with Crippen LogP contribution in [0.1, 0.15) is 59.8 Å². The molecule has 3 aliphatic rings. The Balaban J connectivity index is 1.24. The molecule has 1 amide bonds. The van der Waals surface area contributed by atoms with E-state index in [-0.39, 0.29) is 23.9 Å². The van der Waals surface area contributed by atoms with Crippen LogP contribution in [0.5, 0.6) is 11.5 Å². The number of fused-ring (bicyclic) bond motifs is 3. The molecule has 1 atom stereocenters. The normalized spacial score (nSPS) is 24.5. The Labute approximate surface area is 244 Å². The van der Waals surface area contributed by atoms with Crippen molar-refractivity contribution >= 4 is 28.6 Å². The van der Waals surface area contributed by atoms with Gasteiger partial charge in [0.1, 0.15) is 0 Å². The highest BCUT2D eigenvalue weighted by atomic mass is 32.2. The molecule has 6 rings (SSSR count). The smallest absolute Gasteiger partial charge is 0.254 e. The molecule has 41 heavy (non-hydrogen) atoms. The van der Waals surface area contributed by atoms with Crippen molar-refractivity contribution in [2.24, 2.45) is 13.0 Å². The van der Waals surface area contributed by atoms with Gasteiger partial charge in [0.15, 0.2) is 11.5 Å². The summed E-state index contributed by atoms with van der Waals surface area (Å²) in [6.45, 7) is 8.00. The third-order valence-corrected chi connectivity index (χ3v) is 10.2. The average Bonchev–Trinajstić information content (AvgIpc) is 3.48. The third-order valence-electron chi connectivity index (χ3n) is 9.36. The molecule has 2 aliphatic heterocycles. The van der Waals surface area contributed by atoms with E-state index >= 15 is 0 Å². The number of ether oxygens (including phenoxy) is 3. The molecule has 2 N–H and O–H groups in total. The van der Waals surface area contributed by atoms with Gasteiger partial charge < -0.3 is 29.1 Å². The Bertz CT molecular complexity index is 1550. The summed E-state index contributed by atoms with van der Waals surface area (Å²) in [6.07, 6.45) is 8.52. The van der Waals surface area contributed by atoms with E-state index in [0.717, 1.165) is 65.8 Å². The van der Waals surface area contributed by atoms with Crippen molar-refractivity contribution in [2.45, 2.75) is 75.8 Å². The molecule has 220 valence electrons. The summed E-state index contributed by atoms with van der Waals surface area (Å²) in [5.74, 6) is 0.553. The lowest BCUT2D eigenvalue weighted by Crippen LogP contribution is -2.57. The molecule has 0 unspecified atom stereocenters. The van der Waals surface area contributed by atoms with E-state index in [1.54, 1.807) is 7.11 Å². The summed E-state index contributed by atoms with van der Waals surface area (Å²) < 4.78 is 20.8. The third kappa shape index (κ3) is 4.83. The number of likely N-dealkylation sites (tertiary alicyclic amines) is 1. The van der Waals surface area contributed by atoms with Crippen LogP contribution in [0.2, 0.25) is 0 Å². The number of carbonyl (C=O) groups excluding carboxylic acids is 1. The van der Waals surface area contributed by atoms with Gasteiger partial charge in [0.05, 0.1) is 17.2 Å². The minimum Gasteiger partial charge on any atom is -0.448 e. The number of hydrogen-bond acceptors (Lipinski definition) is 7. The van der Waals surface area contributed by atoms with E-state index in [2.05, 4.69) is 15.2 Å². The first-order valence-corrected chi connectivity index (χ1v) is 15.7. The van der Waals surface area contributed by atoms with E-state index in [1.165, 1.54) is 11.8 Å². The summed E-state index contributed by atoms with van der Waals surface area (Å²) in [5, 5.41) is 3.82. The number of aryl methyl sites for hydroxylation is 2.